The van der Waals surface area contributed by atoms with Gasteiger partial charge in [-0.15, -0.1) is 0 Å². The van der Waals surface area contributed by atoms with E-state index in [0.29, 0.717) is 6.61 Å². The lowest BCUT2D eigenvalue weighted by Gasteiger charge is -2.36. The fourth-order valence-electron chi connectivity index (χ4n) is 3.64. The Kier molecular flexibility index (Phi) is 4.51. The van der Waals surface area contributed by atoms with Gasteiger partial charge in [0.25, 0.3) is 5.91 Å². The Morgan fingerprint density at radius 3 is 2.70 bits per heavy atom. The highest BCUT2D eigenvalue weighted by atomic mass is 16.6. The van der Waals surface area contributed by atoms with Crippen molar-refractivity contribution in [2.45, 2.75) is 37.6 Å². The smallest absolute Gasteiger partial charge is 0.254 e. The number of fused-ring (bicyclic) bond motifs is 1. The molecular formula is C18H26N2O3. The lowest BCUT2D eigenvalue weighted by atomic mass is 10.1. The minimum atomic E-state index is -0.456. The molecule has 3 atom stereocenters. The average molecular weight is 318 g/mol. The van der Waals surface area contributed by atoms with Crippen molar-refractivity contribution in [1.82, 2.24) is 9.80 Å². The molecule has 0 N–H and O–H groups in total. The zero-order valence-electron chi connectivity index (χ0n) is 13.6. The summed E-state index contributed by atoms with van der Waals surface area (Å²) in [6, 6.07) is 0. The monoisotopic (exact) mass is 318 g/mol. The maximum absolute atomic E-state index is 12.8. The number of hydrogen-bond acceptors (Lipinski definition) is 4. The molecule has 23 heavy (non-hydrogen) atoms. The summed E-state index contributed by atoms with van der Waals surface area (Å²) in [5.74, 6) is 1.01. The molecule has 3 fully saturated rings. The van der Waals surface area contributed by atoms with Crippen LogP contribution in [0.2, 0.25) is 0 Å². The normalized spacial score (nSPS) is 35.0. The van der Waals surface area contributed by atoms with Gasteiger partial charge in [-0.1, -0.05) is 24.3 Å². The van der Waals surface area contributed by atoms with Crippen LogP contribution in [0.1, 0.15) is 19.3 Å². The Morgan fingerprint density at radius 1 is 1.04 bits per heavy atom. The number of ether oxygens (including phenoxy) is 2. The van der Waals surface area contributed by atoms with E-state index in [4.69, 9.17) is 9.47 Å². The first-order valence-corrected chi connectivity index (χ1v) is 8.93. The molecule has 4 rings (SSSR count). The molecule has 3 unspecified atom stereocenters. The van der Waals surface area contributed by atoms with Crippen molar-refractivity contribution in [3.63, 3.8) is 0 Å². The zero-order chi connectivity index (χ0) is 15.6. The van der Waals surface area contributed by atoms with Gasteiger partial charge in [-0.3, -0.25) is 4.79 Å². The SMILES string of the molecule is O=C(C1COC2C=CC=CC2O1)N1CCCN(CC2CC2)CC1. The minimum absolute atomic E-state index is 0.0396. The molecule has 0 aromatic heterocycles. The summed E-state index contributed by atoms with van der Waals surface area (Å²) in [5, 5.41) is 0. The largest absolute Gasteiger partial charge is 0.368 e. The van der Waals surface area contributed by atoms with Gasteiger partial charge in [-0.25, -0.2) is 0 Å². The van der Waals surface area contributed by atoms with Gasteiger partial charge in [0.15, 0.2) is 6.10 Å². The van der Waals surface area contributed by atoms with Gasteiger partial charge in [0.05, 0.1) is 6.61 Å². The second kappa shape index (κ2) is 6.75. The molecule has 4 aliphatic rings. The Bertz CT molecular complexity index is 500. The molecule has 0 radical (unpaired) electrons. The van der Waals surface area contributed by atoms with Crippen LogP contribution in [0.4, 0.5) is 0 Å². The molecule has 2 aliphatic carbocycles. The Morgan fingerprint density at radius 2 is 1.87 bits per heavy atom. The van der Waals surface area contributed by atoms with Crippen LogP contribution in [-0.4, -0.2) is 73.3 Å². The van der Waals surface area contributed by atoms with Crippen LogP contribution in [0.25, 0.3) is 0 Å². The molecule has 126 valence electrons. The van der Waals surface area contributed by atoms with Crippen LogP contribution < -0.4 is 0 Å². The maximum atomic E-state index is 12.8. The Hall–Kier alpha value is -1.17. The minimum Gasteiger partial charge on any atom is -0.368 e. The molecular weight excluding hydrogens is 292 g/mol. The van der Waals surface area contributed by atoms with E-state index in [2.05, 4.69) is 4.90 Å². The van der Waals surface area contributed by atoms with E-state index in [0.717, 1.165) is 38.5 Å². The first kappa shape index (κ1) is 15.4. The average Bonchev–Trinajstić information content (AvgIpc) is 3.42. The van der Waals surface area contributed by atoms with Crippen LogP contribution in [0.5, 0.6) is 0 Å². The van der Waals surface area contributed by atoms with E-state index < -0.39 is 6.10 Å². The maximum Gasteiger partial charge on any atom is 0.254 e. The first-order chi connectivity index (χ1) is 11.3. The van der Waals surface area contributed by atoms with E-state index in [1.165, 1.54) is 19.4 Å². The van der Waals surface area contributed by atoms with Gasteiger partial charge >= 0.3 is 0 Å². The number of allylic oxidation sites excluding steroid dienone is 2. The van der Waals surface area contributed by atoms with Crippen molar-refractivity contribution < 1.29 is 14.3 Å². The van der Waals surface area contributed by atoms with Crippen LogP contribution in [-0.2, 0) is 14.3 Å². The third kappa shape index (κ3) is 3.67. The molecule has 0 bridgehead atoms. The molecule has 1 saturated carbocycles. The predicted octanol–water partition coefficient (Wildman–Crippen LogP) is 1.21. The molecule has 0 spiro atoms. The van der Waals surface area contributed by atoms with Crippen LogP contribution >= 0.6 is 0 Å². The number of carbonyl (C=O) groups is 1. The van der Waals surface area contributed by atoms with Crippen molar-refractivity contribution in [3.8, 4) is 0 Å². The van der Waals surface area contributed by atoms with Crippen LogP contribution in [0, 0.1) is 5.92 Å². The van der Waals surface area contributed by atoms with E-state index in [1.807, 2.05) is 29.2 Å². The second-order valence-electron chi connectivity index (χ2n) is 7.08. The van der Waals surface area contributed by atoms with Crippen molar-refractivity contribution in [2.24, 2.45) is 5.92 Å². The highest BCUT2D eigenvalue weighted by Gasteiger charge is 2.36. The number of rotatable bonds is 3. The molecule has 5 nitrogen and oxygen atoms in total. The zero-order valence-corrected chi connectivity index (χ0v) is 13.6. The molecule has 0 aromatic rings. The topological polar surface area (TPSA) is 42.0 Å². The van der Waals surface area contributed by atoms with Crippen molar-refractivity contribution in [3.05, 3.63) is 24.3 Å². The van der Waals surface area contributed by atoms with Gasteiger partial charge in [0, 0.05) is 26.2 Å². The number of amides is 1. The number of hydrogen-bond donors (Lipinski definition) is 0. The number of nitrogens with zero attached hydrogens (tertiary/aromatic N) is 2. The van der Waals surface area contributed by atoms with Crippen molar-refractivity contribution in [1.29, 1.82) is 0 Å². The van der Waals surface area contributed by atoms with Crippen LogP contribution in [0.15, 0.2) is 24.3 Å². The molecule has 5 heteroatoms. The van der Waals surface area contributed by atoms with E-state index >= 15 is 0 Å². The summed E-state index contributed by atoms with van der Waals surface area (Å²) in [7, 11) is 0. The fourth-order valence-corrected chi connectivity index (χ4v) is 3.64. The summed E-state index contributed by atoms with van der Waals surface area (Å²) in [6.07, 6.45) is 11.1. The van der Waals surface area contributed by atoms with Gasteiger partial charge in [0.1, 0.15) is 12.2 Å². The first-order valence-electron chi connectivity index (χ1n) is 8.93. The highest BCUT2D eigenvalue weighted by Crippen LogP contribution is 2.30. The summed E-state index contributed by atoms with van der Waals surface area (Å²) in [5.41, 5.74) is 0. The van der Waals surface area contributed by atoms with Gasteiger partial charge in [-0.05, 0) is 31.7 Å². The lowest BCUT2D eigenvalue weighted by Crippen LogP contribution is -2.51. The van der Waals surface area contributed by atoms with Crippen molar-refractivity contribution >= 4 is 5.91 Å². The quantitative estimate of drug-likeness (QED) is 0.784. The van der Waals surface area contributed by atoms with Crippen LogP contribution in [0.3, 0.4) is 0 Å². The third-order valence-corrected chi connectivity index (χ3v) is 5.19. The molecule has 0 aromatic carbocycles. The van der Waals surface area contributed by atoms with Crippen molar-refractivity contribution in [2.75, 3.05) is 39.3 Å². The molecule has 2 aliphatic heterocycles. The Labute approximate surface area is 137 Å². The van der Waals surface area contributed by atoms with E-state index in [-0.39, 0.29) is 18.1 Å². The standard InChI is InChI=1S/C18H26N2O3/c21-18(17-13-22-15-4-1-2-5-16(15)23-17)20-9-3-8-19(10-11-20)12-14-6-7-14/h1-2,4-5,14-17H,3,6-13H2. The highest BCUT2D eigenvalue weighted by molar-refractivity contribution is 5.81. The molecule has 2 saturated heterocycles. The summed E-state index contributed by atoms with van der Waals surface area (Å²) in [6.45, 7) is 5.33. The molecule has 1 amide bonds. The molecule has 2 heterocycles. The number of carbonyl (C=O) groups excluding carboxylic acids is 1. The second-order valence-corrected chi connectivity index (χ2v) is 7.08. The van der Waals surface area contributed by atoms with E-state index in [1.54, 1.807) is 0 Å². The van der Waals surface area contributed by atoms with Gasteiger partial charge in [0.2, 0.25) is 0 Å². The third-order valence-electron chi connectivity index (χ3n) is 5.19. The van der Waals surface area contributed by atoms with Gasteiger partial charge < -0.3 is 19.3 Å². The fraction of sp³-hybridized carbons (Fsp3) is 0.722. The summed E-state index contributed by atoms with van der Waals surface area (Å²) >= 11 is 0. The summed E-state index contributed by atoms with van der Waals surface area (Å²) in [4.78, 5) is 17.3. The van der Waals surface area contributed by atoms with Gasteiger partial charge in [-0.2, -0.15) is 0 Å². The predicted molar refractivity (Wildman–Crippen MR) is 87.0 cm³/mol. The summed E-state index contributed by atoms with van der Waals surface area (Å²) < 4.78 is 11.8. The van der Waals surface area contributed by atoms with E-state index in [9.17, 15) is 4.79 Å². The Balaban J connectivity index is 1.31. The lowest BCUT2D eigenvalue weighted by molar-refractivity contribution is -0.176.